The Bertz CT molecular complexity index is 870. The normalized spacial score (nSPS) is 11.7. The monoisotopic (exact) mass is 396 g/mol. The minimum atomic E-state index is -4.12. The zero-order chi connectivity index (χ0) is 19.5. The zero-order valence-electron chi connectivity index (χ0n) is 14.9. The average molecular weight is 397 g/mol. The maximum Gasteiger partial charge on any atom is 0.333 e. The van der Waals surface area contributed by atoms with Crippen molar-refractivity contribution >= 4 is 33.3 Å². The quantitative estimate of drug-likeness (QED) is 0.798. The number of rotatable bonds is 5. The molecule has 0 bridgehead atoms. The highest BCUT2D eigenvalue weighted by Crippen LogP contribution is 2.35. The van der Waals surface area contributed by atoms with E-state index in [0.29, 0.717) is 10.7 Å². The Morgan fingerprint density at radius 1 is 1.12 bits per heavy atom. The van der Waals surface area contributed by atoms with Crippen molar-refractivity contribution in [3.05, 3.63) is 46.6 Å². The van der Waals surface area contributed by atoms with Gasteiger partial charge in [0.1, 0.15) is 0 Å². The molecule has 2 amide bonds. The SMILES string of the molecule is CC(C)c1cc(Cl)cc(C(C)C)c1NC(=O)NS(=O)(=O)c1cccnn1. The molecule has 2 rings (SSSR count). The molecule has 1 aromatic heterocycles. The Morgan fingerprint density at radius 2 is 1.69 bits per heavy atom. The molecule has 0 fully saturated rings. The summed E-state index contributed by atoms with van der Waals surface area (Å²) in [4.78, 5) is 12.4. The van der Waals surface area contributed by atoms with Crippen LogP contribution >= 0.6 is 11.6 Å². The number of nitrogens with zero attached hydrogens (tertiary/aromatic N) is 2. The van der Waals surface area contributed by atoms with E-state index < -0.39 is 16.1 Å². The van der Waals surface area contributed by atoms with Crippen LogP contribution in [0.4, 0.5) is 10.5 Å². The predicted octanol–water partition coefficient (Wildman–Crippen LogP) is 3.89. The Kier molecular flexibility index (Phi) is 6.20. The molecule has 2 aromatic rings. The van der Waals surface area contributed by atoms with E-state index >= 15 is 0 Å². The molecule has 26 heavy (non-hydrogen) atoms. The third-order valence-corrected chi connectivity index (χ3v) is 5.14. The molecule has 0 saturated carbocycles. The molecule has 0 atom stereocenters. The first kappa shape index (κ1) is 20.1. The second-order valence-corrected chi connectivity index (χ2v) is 8.46. The molecule has 0 aliphatic carbocycles. The lowest BCUT2D eigenvalue weighted by Crippen LogP contribution is -2.35. The number of carbonyl (C=O) groups is 1. The summed E-state index contributed by atoms with van der Waals surface area (Å²) in [6.07, 6.45) is 1.34. The molecular weight excluding hydrogens is 376 g/mol. The van der Waals surface area contributed by atoms with Gasteiger partial charge in [-0.05, 0) is 47.2 Å². The Balaban J connectivity index is 2.34. The number of halogens is 1. The first-order valence-electron chi connectivity index (χ1n) is 8.06. The van der Waals surface area contributed by atoms with Crippen molar-refractivity contribution in [1.82, 2.24) is 14.9 Å². The fourth-order valence-corrected chi connectivity index (χ4v) is 3.50. The Morgan fingerprint density at radius 3 is 2.15 bits per heavy atom. The number of urea groups is 1. The molecule has 0 spiro atoms. The number of aromatic nitrogens is 2. The molecule has 7 nitrogen and oxygen atoms in total. The molecule has 1 heterocycles. The number of carbonyl (C=O) groups excluding carboxylic acids is 1. The summed E-state index contributed by atoms with van der Waals surface area (Å²) in [6, 6.07) is 5.34. The Labute approximate surface area is 158 Å². The summed E-state index contributed by atoms with van der Waals surface area (Å²) in [5.74, 6) is 0.163. The number of hydrogen-bond donors (Lipinski definition) is 2. The van der Waals surface area contributed by atoms with Gasteiger partial charge in [0.15, 0.2) is 5.03 Å². The van der Waals surface area contributed by atoms with Crippen molar-refractivity contribution in [3.63, 3.8) is 0 Å². The maximum absolute atomic E-state index is 12.4. The molecule has 0 saturated heterocycles. The van der Waals surface area contributed by atoms with Crippen LogP contribution in [0.15, 0.2) is 35.5 Å². The smallest absolute Gasteiger partial charge is 0.307 e. The number of hydrogen-bond acceptors (Lipinski definition) is 5. The third-order valence-electron chi connectivity index (χ3n) is 3.70. The molecule has 1 aromatic carbocycles. The highest BCUT2D eigenvalue weighted by atomic mass is 35.5. The van der Waals surface area contributed by atoms with E-state index in [-0.39, 0.29) is 16.9 Å². The van der Waals surface area contributed by atoms with Crippen molar-refractivity contribution in [2.24, 2.45) is 0 Å². The lowest BCUT2D eigenvalue weighted by Gasteiger charge is -2.21. The number of sulfonamides is 1. The van der Waals surface area contributed by atoms with Crippen molar-refractivity contribution in [3.8, 4) is 0 Å². The van der Waals surface area contributed by atoms with Crippen LogP contribution < -0.4 is 10.0 Å². The van der Waals surface area contributed by atoms with E-state index in [1.165, 1.54) is 18.3 Å². The molecule has 0 aliphatic heterocycles. The van der Waals surface area contributed by atoms with Gasteiger partial charge in [-0.15, -0.1) is 5.10 Å². The minimum Gasteiger partial charge on any atom is -0.307 e. The van der Waals surface area contributed by atoms with Crippen LogP contribution in [-0.2, 0) is 10.0 Å². The average Bonchev–Trinajstić information content (AvgIpc) is 2.56. The Hall–Kier alpha value is -2.19. The van der Waals surface area contributed by atoms with Crippen LogP contribution in [0.5, 0.6) is 0 Å². The second-order valence-electron chi connectivity index (χ2n) is 6.39. The van der Waals surface area contributed by atoms with Gasteiger partial charge < -0.3 is 5.32 Å². The predicted molar refractivity (Wildman–Crippen MR) is 101 cm³/mol. The van der Waals surface area contributed by atoms with E-state index in [1.54, 1.807) is 12.1 Å². The van der Waals surface area contributed by atoms with Gasteiger partial charge in [0.2, 0.25) is 0 Å². The van der Waals surface area contributed by atoms with Crippen LogP contribution in [0, 0.1) is 0 Å². The summed E-state index contributed by atoms with van der Waals surface area (Å²) >= 11 is 6.19. The fraction of sp³-hybridized carbons (Fsp3) is 0.353. The van der Waals surface area contributed by atoms with Gasteiger partial charge in [0.05, 0.1) is 0 Å². The second kappa shape index (κ2) is 8.01. The van der Waals surface area contributed by atoms with Crippen LogP contribution in [-0.4, -0.2) is 24.6 Å². The minimum absolute atomic E-state index is 0.0816. The maximum atomic E-state index is 12.4. The summed E-state index contributed by atoms with van der Waals surface area (Å²) < 4.78 is 26.4. The van der Waals surface area contributed by atoms with E-state index in [9.17, 15) is 13.2 Å². The van der Waals surface area contributed by atoms with Crippen LogP contribution in [0.3, 0.4) is 0 Å². The summed E-state index contributed by atoms with van der Waals surface area (Å²) in [5, 5.41) is 9.92. The molecule has 2 N–H and O–H groups in total. The standard InChI is InChI=1S/C17H21ClN4O3S/c1-10(2)13-8-12(18)9-14(11(3)4)16(13)20-17(23)22-26(24,25)15-6-5-7-19-21-15/h5-11H,1-4H3,(H2,20,22,23). The number of anilines is 1. The van der Waals surface area contributed by atoms with Crippen molar-refractivity contribution < 1.29 is 13.2 Å². The highest BCUT2D eigenvalue weighted by molar-refractivity contribution is 7.90. The van der Waals surface area contributed by atoms with Crippen LogP contribution in [0.2, 0.25) is 5.02 Å². The summed E-state index contributed by atoms with van der Waals surface area (Å²) in [5.41, 5.74) is 2.22. The van der Waals surface area contributed by atoms with Crippen LogP contribution in [0.25, 0.3) is 0 Å². The number of benzene rings is 1. The first-order valence-corrected chi connectivity index (χ1v) is 9.92. The highest BCUT2D eigenvalue weighted by Gasteiger charge is 2.22. The van der Waals surface area contributed by atoms with Gasteiger partial charge in [-0.25, -0.2) is 9.52 Å². The molecular formula is C17H21ClN4O3S. The summed E-state index contributed by atoms with van der Waals surface area (Å²) in [6.45, 7) is 7.87. The first-order chi connectivity index (χ1) is 12.1. The van der Waals surface area contributed by atoms with Crippen molar-refractivity contribution in [2.45, 2.75) is 44.6 Å². The van der Waals surface area contributed by atoms with Gasteiger partial charge >= 0.3 is 6.03 Å². The topological polar surface area (TPSA) is 101 Å². The van der Waals surface area contributed by atoms with Gasteiger partial charge in [-0.3, -0.25) is 0 Å². The molecule has 140 valence electrons. The van der Waals surface area contributed by atoms with Crippen LogP contribution in [0.1, 0.15) is 50.7 Å². The molecule has 0 unspecified atom stereocenters. The third kappa shape index (κ3) is 4.70. The molecule has 0 aliphatic rings. The van der Waals surface area contributed by atoms with E-state index in [4.69, 9.17) is 11.6 Å². The zero-order valence-corrected chi connectivity index (χ0v) is 16.5. The van der Waals surface area contributed by atoms with Gasteiger partial charge in [-0.2, -0.15) is 13.5 Å². The summed E-state index contributed by atoms with van der Waals surface area (Å²) in [7, 11) is -4.12. The molecule has 0 radical (unpaired) electrons. The fourth-order valence-electron chi connectivity index (χ4n) is 2.45. The van der Waals surface area contributed by atoms with E-state index in [1.807, 2.05) is 32.4 Å². The number of nitrogens with one attached hydrogen (secondary N) is 2. The van der Waals surface area contributed by atoms with Gasteiger partial charge in [-0.1, -0.05) is 39.3 Å². The largest absolute Gasteiger partial charge is 0.333 e. The number of amides is 2. The van der Waals surface area contributed by atoms with E-state index in [2.05, 4.69) is 15.5 Å². The van der Waals surface area contributed by atoms with Crippen molar-refractivity contribution in [1.29, 1.82) is 0 Å². The van der Waals surface area contributed by atoms with Gasteiger partial charge in [0, 0.05) is 16.9 Å². The molecule has 9 heteroatoms. The lowest BCUT2D eigenvalue weighted by molar-refractivity contribution is 0.256. The van der Waals surface area contributed by atoms with Gasteiger partial charge in [0.25, 0.3) is 10.0 Å². The lowest BCUT2D eigenvalue weighted by atomic mass is 9.92. The van der Waals surface area contributed by atoms with Crippen molar-refractivity contribution in [2.75, 3.05) is 5.32 Å². The van der Waals surface area contributed by atoms with E-state index in [0.717, 1.165) is 11.1 Å².